The first kappa shape index (κ1) is 18.3. The second kappa shape index (κ2) is 8.25. The molecule has 0 bridgehead atoms. The van der Waals surface area contributed by atoms with E-state index in [0.717, 1.165) is 5.56 Å². The number of aromatic nitrogens is 1. The minimum atomic E-state index is -0.279. The van der Waals surface area contributed by atoms with Gasteiger partial charge in [0, 0.05) is 17.0 Å². The standard InChI is InChI=1S/C20H17ClN2O2S/c1-13-18(17(24)12-7-14-5-3-2-4-6-14)26-20(22-13)23-19(25)15-8-10-16(21)11-9-15/h2-6,8-11H,7,12H2,1H3,(H,22,23,25). The van der Waals surface area contributed by atoms with Gasteiger partial charge in [0.1, 0.15) is 0 Å². The molecule has 6 heteroatoms. The predicted molar refractivity (Wildman–Crippen MR) is 105 cm³/mol. The molecule has 2 aromatic carbocycles. The predicted octanol–water partition coefficient (Wildman–Crippen LogP) is 5.17. The Morgan fingerprint density at radius 3 is 2.46 bits per heavy atom. The van der Waals surface area contributed by atoms with Crippen LogP contribution in [-0.2, 0) is 6.42 Å². The number of hydrogen-bond donors (Lipinski definition) is 1. The molecule has 0 radical (unpaired) electrons. The van der Waals surface area contributed by atoms with E-state index in [4.69, 9.17) is 11.6 Å². The average molecular weight is 385 g/mol. The van der Waals surface area contributed by atoms with Gasteiger partial charge < -0.3 is 0 Å². The molecule has 3 aromatic rings. The molecule has 3 rings (SSSR count). The van der Waals surface area contributed by atoms with Gasteiger partial charge in [-0.1, -0.05) is 53.3 Å². The maximum absolute atomic E-state index is 12.5. The second-order valence-electron chi connectivity index (χ2n) is 5.80. The lowest BCUT2D eigenvalue weighted by Gasteiger charge is -2.01. The van der Waals surface area contributed by atoms with E-state index in [9.17, 15) is 9.59 Å². The first-order valence-corrected chi connectivity index (χ1v) is 9.34. The molecule has 1 N–H and O–H groups in total. The van der Waals surface area contributed by atoms with Crippen molar-refractivity contribution in [3.05, 3.63) is 81.3 Å². The number of aryl methyl sites for hydroxylation is 2. The zero-order chi connectivity index (χ0) is 18.5. The summed E-state index contributed by atoms with van der Waals surface area (Å²) in [6.07, 6.45) is 1.10. The van der Waals surface area contributed by atoms with E-state index < -0.39 is 0 Å². The van der Waals surface area contributed by atoms with Crippen molar-refractivity contribution < 1.29 is 9.59 Å². The summed E-state index contributed by atoms with van der Waals surface area (Å²) in [5, 5.41) is 3.73. The van der Waals surface area contributed by atoms with Gasteiger partial charge >= 0.3 is 0 Å². The van der Waals surface area contributed by atoms with E-state index in [2.05, 4.69) is 10.3 Å². The number of benzene rings is 2. The van der Waals surface area contributed by atoms with Crippen LogP contribution in [0.5, 0.6) is 0 Å². The molecule has 0 saturated carbocycles. The molecule has 4 nitrogen and oxygen atoms in total. The SMILES string of the molecule is Cc1nc(NC(=O)c2ccc(Cl)cc2)sc1C(=O)CCc1ccccc1. The third kappa shape index (κ3) is 4.56. The number of anilines is 1. The van der Waals surface area contributed by atoms with Crippen LogP contribution in [0, 0.1) is 6.92 Å². The Morgan fingerprint density at radius 1 is 1.08 bits per heavy atom. The topological polar surface area (TPSA) is 59.1 Å². The number of rotatable bonds is 6. The van der Waals surface area contributed by atoms with Crippen molar-refractivity contribution in [1.82, 2.24) is 4.98 Å². The Morgan fingerprint density at radius 2 is 1.77 bits per heavy atom. The Hall–Kier alpha value is -2.50. The van der Waals surface area contributed by atoms with Crippen LogP contribution in [0.1, 0.15) is 37.7 Å². The highest BCUT2D eigenvalue weighted by molar-refractivity contribution is 7.17. The van der Waals surface area contributed by atoms with Gasteiger partial charge in [0.05, 0.1) is 10.6 Å². The third-order valence-electron chi connectivity index (χ3n) is 3.86. The van der Waals surface area contributed by atoms with Gasteiger partial charge in [0.2, 0.25) is 0 Å². The number of nitrogens with zero attached hydrogens (tertiary/aromatic N) is 1. The molecule has 26 heavy (non-hydrogen) atoms. The highest BCUT2D eigenvalue weighted by Gasteiger charge is 2.17. The smallest absolute Gasteiger partial charge is 0.257 e. The molecular weight excluding hydrogens is 368 g/mol. The molecule has 0 fully saturated rings. The summed E-state index contributed by atoms with van der Waals surface area (Å²) < 4.78 is 0. The molecule has 0 spiro atoms. The molecule has 1 aromatic heterocycles. The average Bonchev–Trinajstić information content (AvgIpc) is 3.01. The van der Waals surface area contributed by atoms with Gasteiger partial charge in [-0.3, -0.25) is 14.9 Å². The van der Waals surface area contributed by atoms with E-state index in [1.54, 1.807) is 31.2 Å². The molecule has 0 unspecified atom stereocenters. The van der Waals surface area contributed by atoms with E-state index in [1.807, 2.05) is 30.3 Å². The van der Waals surface area contributed by atoms with Gasteiger partial charge in [0.25, 0.3) is 5.91 Å². The summed E-state index contributed by atoms with van der Waals surface area (Å²) in [6.45, 7) is 1.78. The van der Waals surface area contributed by atoms with Crippen LogP contribution in [0.3, 0.4) is 0 Å². The van der Waals surface area contributed by atoms with Crippen molar-refractivity contribution in [3.8, 4) is 0 Å². The van der Waals surface area contributed by atoms with Crippen LogP contribution < -0.4 is 5.32 Å². The summed E-state index contributed by atoms with van der Waals surface area (Å²) in [6, 6.07) is 16.5. The lowest BCUT2D eigenvalue weighted by Crippen LogP contribution is -2.11. The fraction of sp³-hybridized carbons (Fsp3) is 0.150. The Balaban J connectivity index is 1.65. The summed E-state index contributed by atoms with van der Waals surface area (Å²) in [5.41, 5.74) is 2.25. The van der Waals surface area contributed by atoms with E-state index in [1.165, 1.54) is 11.3 Å². The number of ketones is 1. The van der Waals surface area contributed by atoms with Crippen LogP contribution in [0.4, 0.5) is 5.13 Å². The molecule has 0 aliphatic heterocycles. The minimum Gasteiger partial charge on any atom is -0.298 e. The van der Waals surface area contributed by atoms with Crippen LogP contribution in [0.15, 0.2) is 54.6 Å². The molecule has 132 valence electrons. The molecular formula is C20H17ClN2O2S. The van der Waals surface area contributed by atoms with Gasteiger partial charge in [-0.05, 0) is 43.2 Å². The highest BCUT2D eigenvalue weighted by atomic mass is 35.5. The monoisotopic (exact) mass is 384 g/mol. The number of amides is 1. The normalized spacial score (nSPS) is 10.5. The van der Waals surface area contributed by atoms with Gasteiger partial charge in [-0.2, -0.15) is 0 Å². The number of carbonyl (C=O) groups is 2. The minimum absolute atomic E-state index is 0.0378. The largest absolute Gasteiger partial charge is 0.298 e. The van der Waals surface area contributed by atoms with Gasteiger partial charge in [0.15, 0.2) is 10.9 Å². The van der Waals surface area contributed by atoms with Crippen molar-refractivity contribution in [2.75, 3.05) is 5.32 Å². The maximum Gasteiger partial charge on any atom is 0.257 e. The van der Waals surface area contributed by atoms with Crippen molar-refractivity contribution in [2.24, 2.45) is 0 Å². The first-order valence-electron chi connectivity index (χ1n) is 8.14. The number of Topliss-reactive ketones (excluding diaryl/α,β-unsaturated/α-hetero) is 1. The van der Waals surface area contributed by atoms with Crippen LogP contribution in [0.2, 0.25) is 5.02 Å². The fourth-order valence-corrected chi connectivity index (χ4v) is 3.55. The van der Waals surface area contributed by atoms with Crippen molar-refractivity contribution in [3.63, 3.8) is 0 Å². The molecule has 0 aliphatic carbocycles. The number of halogens is 1. The summed E-state index contributed by atoms with van der Waals surface area (Å²) >= 11 is 7.04. The number of carbonyl (C=O) groups excluding carboxylic acids is 2. The number of hydrogen-bond acceptors (Lipinski definition) is 4. The third-order valence-corrected chi connectivity index (χ3v) is 5.23. The molecule has 1 amide bonds. The van der Waals surface area contributed by atoms with Gasteiger partial charge in [-0.15, -0.1) is 0 Å². The van der Waals surface area contributed by atoms with Crippen LogP contribution in [0.25, 0.3) is 0 Å². The van der Waals surface area contributed by atoms with Crippen molar-refractivity contribution in [2.45, 2.75) is 19.8 Å². The number of nitrogens with one attached hydrogen (secondary N) is 1. The van der Waals surface area contributed by atoms with E-state index in [-0.39, 0.29) is 11.7 Å². The lowest BCUT2D eigenvalue weighted by atomic mass is 10.1. The summed E-state index contributed by atoms with van der Waals surface area (Å²) in [4.78, 5) is 29.6. The van der Waals surface area contributed by atoms with Crippen molar-refractivity contribution >= 4 is 39.8 Å². The van der Waals surface area contributed by atoms with Crippen LogP contribution in [-0.4, -0.2) is 16.7 Å². The second-order valence-corrected chi connectivity index (χ2v) is 7.24. The quantitative estimate of drug-likeness (QED) is 0.596. The lowest BCUT2D eigenvalue weighted by molar-refractivity contribution is 0.0984. The maximum atomic E-state index is 12.5. The Kier molecular flexibility index (Phi) is 5.81. The first-order chi connectivity index (χ1) is 12.5. The number of thiazole rings is 1. The zero-order valence-electron chi connectivity index (χ0n) is 14.2. The van der Waals surface area contributed by atoms with Crippen molar-refractivity contribution in [1.29, 1.82) is 0 Å². The fourth-order valence-electron chi connectivity index (χ4n) is 2.50. The molecule has 0 aliphatic rings. The summed E-state index contributed by atoms with van der Waals surface area (Å²) in [7, 11) is 0. The van der Waals surface area contributed by atoms with Gasteiger partial charge in [-0.25, -0.2) is 4.98 Å². The molecule has 0 atom stereocenters. The summed E-state index contributed by atoms with van der Waals surface area (Å²) in [5.74, 6) is -0.241. The zero-order valence-corrected chi connectivity index (χ0v) is 15.7. The Bertz CT molecular complexity index is 921. The van der Waals surface area contributed by atoms with Crippen LogP contribution >= 0.6 is 22.9 Å². The Labute approximate surface area is 160 Å². The highest BCUT2D eigenvalue weighted by Crippen LogP contribution is 2.25. The van der Waals surface area contributed by atoms with E-state index in [0.29, 0.717) is 39.1 Å². The van der Waals surface area contributed by atoms with E-state index >= 15 is 0 Å². The molecule has 0 saturated heterocycles. The molecule has 1 heterocycles.